The zero-order valence-electron chi connectivity index (χ0n) is 9.64. The van der Waals surface area contributed by atoms with E-state index in [1.807, 2.05) is 18.2 Å². The molecule has 0 spiro atoms. The summed E-state index contributed by atoms with van der Waals surface area (Å²) in [6, 6.07) is 8.05. The maximum absolute atomic E-state index is 11.7. The van der Waals surface area contributed by atoms with Crippen molar-refractivity contribution in [1.29, 1.82) is 0 Å². The van der Waals surface area contributed by atoms with Gasteiger partial charge in [0.15, 0.2) is 0 Å². The van der Waals surface area contributed by atoms with Crippen molar-refractivity contribution in [3.05, 3.63) is 29.3 Å². The van der Waals surface area contributed by atoms with E-state index in [2.05, 4.69) is 23.3 Å². The van der Waals surface area contributed by atoms with Gasteiger partial charge in [-0.2, -0.15) is 0 Å². The zero-order chi connectivity index (χ0) is 11.8. The Labute approximate surface area is 104 Å². The molecule has 0 radical (unpaired) electrons. The van der Waals surface area contributed by atoms with Crippen LogP contribution in [0.15, 0.2) is 24.3 Å². The summed E-state index contributed by atoms with van der Waals surface area (Å²) in [6.45, 7) is 2.67. The molecule has 1 aromatic heterocycles. The number of hydrogen-bond donors (Lipinski definition) is 1. The van der Waals surface area contributed by atoms with Crippen molar-refractivity contribution in [2.45, 2.75) is 19.9 Å². The summed E-state index contributed by atoms with van der Waals surface area (Å²) in [5, 5.41) is 3.94. The van der Waals surface area contributed by atoms with Crippen LogP contribution in [-0.2, 0) is 11.3 Å². The molecule has 1 N–H and O–H groups in total. The largest absolute Gasteiger partial charge is 0.349 e. The fourth-order valence-corrected chi connectivity index (χ4v) is 2.88. The Morgan fingerprint density at radius 2 is 2.29 bits per heavy atom. The fraction of sp³-hybridized carbons (Fsp3) is 0.385. The number of benzene rings is 1. The molecule has 0 saturated heterocycles. The number of nitrogens with zero attached hydrogens (tertiary/aromatic N) is 1. The van der Waals surface area contributed by atoms with Gasteiger partial charge in [0.2, 0.25) is 5.91 Å². The first-order chi connectivity index (χ1) is 8.24. The Morgan fingerprint density at radius 1 is 1.53 bits per heavy atom. The number of carbonyl (C=O) groups is 1. The Balaban J connectivity index is 1.66. The molecule has 17 heavy (non-hydrogen) atoms. The molecule has 0 aliphatic heterocycles. The summed E-state index contributed by atoms with van der Waals surface area (Å²) in [7, 11) is 0. The Hall–Kier alpha value is -1.42. The van der Waals surface area contributed by atoms with Crippen LogP contribution in [0.1, 0.15) is 18.4 Å². The number of hydrogen-bond acceptors (Lipinski definition) is 3. The molecule has 3 nitrogen and oxygen atoms in total. The van der Waals surface area contributed by atoms with Gasteiger partial charge in [0.1, 0.15) is 5.01 Å². The number of para-hydroxylation sites is 1. The molecule has 0 bridgehead atoms. The summed E-state index contributed by atoms with van der Waals surface area (Å²) in [6.07, 6.45) is 1.03. The summed E-state index contributed by atoms with van der Waals surface area (Å²) >= 11 is 1.65. The molecule has 3 rings (SSSR count). The minimum Gasteiger partial charge on any atom is -0.349 e. The molecule has 4 heteroatoms. The SMILES string of the molecule is C[C@H]1C[C@H]1C(=O)NCc1nc2ccccc2s1. The standard InChI is InChI=1S/C13H14N2OS/c1-8-6-9(8)13(16)14-7-12-15-10-4-2-3-5-11(10)17-12/h2-5,8-9H,6-7H2,1H3,(H,14,16)/t8-,9+/m0/s1. The molecule has 1 aliphatic carbocycles. The minimum absolute atomic E-state index is 0.178. The molecule has 1 heterocycles. The van der Waals surface area contributed by atoms with E-state index in [1.165, 1.54) is 4.70 Å². The van der Waals surface area contributed by atoms with E-state index in [9.17, 15) is 4.79 Å². The predicted molar refractivity (Wildman–Crippen MR) is 68.7 cm³/mol. The molecule has 1 amide bonds. The number of aromatic nitrogens is 1. The third-order valence-corrected chi connectivity index (χ3v) is 4.23. The van der Waals surface area contributed by atoms with E-state index in [1.54, 1.807) is 11.3 Å². The molecule has 2 aromatic rings. The average molecular weight is 246 g/mol. The maximum Gasteiger partial charge on any atom is 0.223 e. The van der Waals surface area contributed by atoms with E-state index in [0.29, 0.717) is 12.5 Å². The average Bonchev–Trinajstić information content (AvgIpc) is 2.92. The van der Waals surface area contributed by atoms with Crippen LogP contribution in [0, 0.1) is 11.8 Å². The number of thiazole rings is 1. The van der Waals surface area contributed by atoms with Crippen LogP contribution >= 0.6 is 11.3 Å². The van der Waals surface area contributed by atoms with Gasteiger partial charge in [-0.3, -0.25) is 4.79 Å². The van der Waals surface area contributed by atoms with Crippen molar-refractivity contribution in [3.8, 4) is 0 Å². The first-order valence-corrected chi connectivity index (χ1v) is 6.68. The van der Waals surface area contributed by atoms with Crippen LogP contribution in [0.5, 0.6) is 0 Å². The van der Waals surface area contributed by atoms with E-state index >= 15 is 0 Å². The van der Waals surface area contributed by atoms with Crippen molar-refractivity contribution >= 4 is 27.5 Å². The minimum atomic E-state index is 0.178. The van der Waals surface area contributed by atoms with Gasteiger partial charge in [-0.05, 0) is 24.5 Å². The molecular formula is C13H14N2OS. The van der Waals surface area contributed by atoms with Gasteiger partial charge in [0.05, 0.1) is 16.8 Å². The van der Waals surface area contributed by atoms with Crippen molar-refractivity contribution in [2.75, 3.05) is 0 Å². The second-order valence-corrected chi connectivity index (χ2v) is 5.73. The third-order valence-electron chi connectivity index (χ3n) is 3.20. The molecule has 0 unspecified atom stereocenters. The number of nitrogens with one attached hydrogen (secondary N) is 1. The lowest BCUT2D eigenvalue weighted by atomic mass is 10.3. The molecule has 2 atom stereocenters. The van der Waals surface area contributed by atoms with E-state index < -0.39 is 0 Å². The van der Waals surface area contributed by atoms with E-state index in [4.69, 9.17) is 0 Å². The normalized spacial score (nSPS) is 22.6. The molecule has 1 aliphatic rings. The van der Waals surface area contributed by atoms with Crippen LogP contribution in [0.25, 0.3) is 10.2 Å². The number of fused-ring (bicyclic) bond motifs is 1. The van der Waals surface area contributed by atoms with Crippen LogP contribution in [0.3, 0.4) is 0 Å². The predicted octanol–water partition coefficient (Wildman–Crippen LogP) is 2.57. The monoisotopic (exact) mass is 246 g/mol. The third kappa shape index (κ3) is 2.17. The van der Waals surface area contributed by atoms with Crippen LogP contribution in [0.4, 0.5) is 0 Å². The van der Waals surface area contributed by atoms with E-state index in [-0.39, 0.29) is 11.8 Å². The van der Waals surface area contributed by atoms with Crippen LogP contribution in [0.2, 0.25) is 0 Å². The van der Waals surface area contributed by atoms with Crippen molar-refractivity contribution < 1.29 is 4.79 Å². The molecule has 1 fully saturated rings. The quantitative estimate of drug-likeness (QED) is 0.904. The first kappa shape index (κ1) is 10.7. The number of amides is 1. The van der Waals surface area contributed by atoms with Crippen molar-refractivity contribution in [3.63, 3.8) is 0 Å². The van der Waals surface area contributed by atoms with Crippen molar-refractivity contribution in [1.82, 2.24) is 10.3 Å². The lowest BCUT2D eigenvalue weighted by molar-refractivity contribution is -0.122. The number of rotatable bonds is 3. The van der Waals surface area contributed by atoms with Crippen molar-refractivity contribution in [2.24, 2.45) is 11.8 Å². The highest BCUT2D eigenvalue weighted by Gasteiger charge is 2.38. The Bertz CT molecular complexity index is 530. The Morgan fingerprint density at radius 3 is 3.00 bits per heavy atom. The summed E-state index contributed by atoms with van der Waals surface area (Å²) in [4.78, 5) is 16.2. The zero-order valence-corrected chi connectivity index (χ0v) is 10.5. The maximum atomic E-state index is 11.7. The summed E-state index contributed by atoms with van der Waals surface area (Å²) in [5.41, 5.74) is 1.02. The lowest BCUT2D eigenvalue weighted by Gasteiger charge is -2.00. The number of carbonyl (C=O) groups excluding carboxylic acids is 1. The first-order valence-electron chi connectivity index (χ1n) is 5.86. The smallest absolute Gasteiger partial charge is 0.223 e. The fourth-order valence-electron chi connectivity index (χ4n) is 1.98. The molecule has 88 valence electrons. The van der Waals surface area contributed by atoms with Gasteiger partial charge in [-0.15, -0.1) is 11.3 Å². The molecular weight excluding hydrogens is 232 g/mol. The highest BCUT2D eigenvalue weighted by molar-refractivity contribution is 7.18. The lowest BCUT2D eigenvalue weighted by Crippen LogP contribution is -2.24. The van der Waals surface area contributed by atoms with Crippen LogP contribution < -0.4 is 5.32 Å². The molecule has 1 aromatic carbocycles. The van der Waals surface area contributed by atoms with Gasteiger partial charge in [0, 0.05) is 5.92 Å². The van der Waals surface area contributed by atoms with E-state index in [0.717, 1.165) is 16.9 Å². The van der Waals surface area contributed by atoms with Gasteiger partial charge in [0.25, 0.3) is 0 Å². The second-order valence-electron chi connectivity index (χ2n) is 4.61. The van der Waals surface area contributed by atoms with Gasteiger partial charge in [-0.25, -0.2) is 4.98 Å². The van der Waals surface area contributed by atoms with Gasteiger partial charge < -0.3 is 5.32 Å². The highest BCUT2D eigenvalue weighted by atomic mass is 32.1. The Kier molecular flexibility index (Phi) is 2.59. The molecule has 1 saturated carbocycles. The summed E-state index contributed by atoms with van der Waals surface area (Å²) < 4.78 is 1.18. The topological polar surface area (TPSA) is 42.0 Å². The van der Waals surface area contributed by atoms with Gasteiger partial charge in [-0.1, -0.05) is 19.1 Å². The highest BCUT2D eigenvalue weighted by Crippen LogP contribution is 2.37. The van der Waals surface area contributed by atoms with Gasteiger partial charge >= 0.3 is 0 Å². The summed E-state index contributed by atoms with van der Waals surface area (Å²) in [5.74, 6) is 0.978. The second kappa shape index (κ2) is 4.11. The van der Waals surface area contributed by atoms with Crippen LogP contribution in [-0.4, -0.2) is 10.9 Å².